The first-order valence-corrected chi connectivity index (χ1v) is 6.91. The molecule has 0 saturated heterocycles. The summed E-state index contributed by atoms with van der Waals surface area (Å²) in [5.74, 6) is -0.548. The molecule has 1 aromatic carbocycles. The third kappa shape index (κ3) is 3.98. The van der Waals surface area contributed by atoms with E-state index in [0.717, 1.165) is 5.69 Å². The maximum absolute atomic E-state index is 11.1. The highest BCUT2D eigenvalue weighted by Gasteiger charge is 2.18. The highest BCUT2D eigenvalue weighted by Crippen LogP contribution is 2.25. The Morgan fingerprint density at radius 2 is 2.00 bits per heavy atom. The van der Waals surface area contributed by atoms with E-state index in [-0.39, 0.29) is 5.92 Å². The highest BCUT2D eigenvalue weighted by atomic mass is 16.4. The fraction of sp³-hybridized carbons (Fsp3) is 0.562. The summed E-state index contributed by atoms with van der Waals surface area (Å²) in [6.07, 6.45) is 0.655. The van der Waals surface area contributed by atoms with Crippen molar-refractivity contribution in [1.82, 2.24) is 0 Å². The fourth-order valence-corrected chi connectivity index (χ4v) is 2.21. The van der Waals surface area contributed by atoms with E-state index in [4.69, 9.17) is 5.11 Å². The summed E-state index contributed by atoms with van der Waals surface area (Å²) in [6.45, 7) is 8.87. The molecule has 0 aliphatic carbocycles. The van der Waals surface area contributed by atoms with Gasteiger partial charge in [0.05, 0.1) is 5.92 Å². The third-order valence-corrected chi connectivity index (χ3v) is 3.65. The van der Waals surface area contributed by atoms with E-state index in [2.05, 4.69) is 43.9 Å². The van der Waals surface area contributed by atoms with Crippen molar-refractivity contribution in [2.24, 2.45) is 5.92 Å². The van der Waals surface area contributed by atoms with Crippen LogP contribution in [0.5, 0.6) is 0 Å². The molecule has 0 aliphatic rings. The molecule has 0 heterocycles. The Hall–Kier alpha value is -1.51. The van der Waals surface area contributed by atoms with Gasteiger partial charge in [0.1, 0.15) is 0 Å². The van der Waals surface area contributed by atoms with Gasteiger partial charge in [-0.2, -0.15) is 0 Å². The van der Waals surface area contributed by atoms with Crippen molar-refractivity contribution in [3.63, 3.8) is 0 Å². The van der Waals surface area contributed by atoms with Crippen molar-refractivity contribution < 1.29 is 9.90 Å². The summed E-state index contributed by atoms with van der Waals surface area (Å²) in [6, 6.07) is 6.43. The maximum atomic E-state index is 11.1. The van der Waals surface area contributed by atoms with Crippen molar-refractivity contribution in [2.75, 3.05) is 18.5 Å². The van der Waals surface area contributed by atoms with E-state index in [1.807, 2.05) is 14.0 Å². The van der Waals surface area contributed by atoms with E-state index < -0.39 is 5.97 Å². The molecule has 0 radical (unpaired) electrons. The normalized spacial score (nSPS) is 12.5. The monoisotopic (exact) mass is 263 g/mol. The molecule has 19 heavy (non-hydrogen) atoms. The Morgan fingerprint density at radius 1 is 1.37 bits per heavy atom. The predicted molar refractivity (Wildman–Crippen MR) is 80.0 cm³/mol. The number of hydrogen-bond donors (Lipinski definition) is 1. The largest absolute Gasteiger partial charge is 0.481 e. The van der Waals surface area contributed by atoms with Crippen LogP contribution in [0.1, 0.15) is 44.2 Å². The number of aryl methyl sites for hydroxylation is 1. The topological polar surface area (TPSA) is 40.5 Å². The average Bonchev–Trinajstić information content (AvgIpc) is 2.35. The number of benzene rings is 1. The lowest BCUT2D eigenvalue weighted by molar-refractivity contribution is -0.141. The first-order chi connectivity index (χ1) is 8.86. The Labute approximate surface area is 116 Å². The number of hydrogen-bond acceptors (Lipinski definition) is 2. The van der Waals surface area contributed by atoms with Gasteiger partial charge >= 0.3 is 5.97 Å². The second-order valence-electron chi connectivity index (χ2n) is 5.52. The summed E-state index contributed by atoms with van der Waals surface area (Å²) >= 11 is 0. The lowest BCUT2D eigenvalue weighted by Crippen LogP contribution is -2.30. The molecule has 1 atom stereocenters. The van der Waals surface area contributed by atoms with E-state index in [1.165, 1.54) is 11.1 Å². The fourth-order valence-electron chi connectivity index (χ4n) is 2.21. The molecule has 0 aliphatic heterocycles. The minimum absolute atomic E-state index is 0.313. The van der Waals surface area contributed by atoms with Gasteiger partial charge in [-0.15, -0.1) is 0 Å². The van der Waals surface area contributed by atoms with Crippen molar-refractivity contribution in [2.45, 2.75) is 40.0 Å². The molecule has 1 N–H and O–H groups in total. The summed E-state index contributed by atoms with van der Waals surface area (Å²) in [7, 11) is 1.97. The number of anilines is 1. The highest BCUT2D eigenvalue weighted by molar-refractivity contribution is 5.71. The molecule has 0 amide bonds. The molecule has 0 saturated carbocycles. The van der Waals surface area contributed by atoms with E-state index in [9.17, 15) is 4.79 Å². The van der Waals surface area contributed by atoms with Gasteiger partial charge in [0.2, 0.25) is 0 Å². The quantitative estimate of drug-likeness (QED) is 0.851. The van der Waals surface area contributed by atoms with E-state index >= 15 is 0 Å². The zero-order valence-corrected chi connectivity index (χ0v) is 12.6. The molecule has 1 aromatic rings. The molecular weight excluding hydrogens is 238 g/mol. The van der Waals surface area contributed by atoms with Crippen LogP contribution in [0.25, 0.3) is 0 Å². The second-order valence-corrected chi connectivity index (χ2v) is 5.52. The average molecular weight is 263 g/mol. The molecule has 1 rings (SSSR count). The minimum atomic E-state index is -0.716. The number of carbonyl (C=O) groups is 1. The van der Waals surface area contributed by atoms with E-state index in [1.54, 1.807) is 0 Å². The summed E-state index contributed by atoms with van der Waals surface area (Å²) in [4.78, 5) is 13.2. The van der Waals surface area contributed by atoms with E-state index in [0.29, 0.717) is 18.9 Å². The van der Waals surface area contributed by atoms with Gasteiger partial charge in [0.15, 0.2) is 0 Å². The zero-order chi connectivity index (χ0) is 14.6. The van der Waals surface area contributed by atoms with Gasteiger partial charge in [-0.1, -0.05) is 32.9 Å². The maximum Gasteiger partial charge on any atom is 0.308 e. The van der Waals surface area contributed by atoms with Crippen molar-refractivity contribution in [3.8, 4) is 0 Å². The van der Waals surface area contributed by atoms with Crippen LogP contribution < -0.4 is 4.90 Å². The van der Waals surface area contributed by atoms with Gasteiger partial charge in [-0.25, -0.2) is 0 Å². The number of nitrogens with zero attached hydrogens (tertiary/aromatic N) is 1. The summed E-state index contributed by atoms with van der Waals surface area (Å²) in [5.41, 5.74) is 3.61. The van der Waals surface area contributed by atoms with Gasteiger partial charge in [-0.05, 0) is 36.5 Å². The first kappa shape index (κ1) is 15.5. The standard InChI is InChI=1S/C16H25NO2/c1-6-13(16(18)19)10-17(5)15-9-14(11(2)3)8-7-12(15)4/h7-9,11,13H,6,10H2,1-5H3,(H,18,19). The molecule has 1 unspecified atom stereocenters. The molecule has 0 fully saturated rings. The summed E-state index contributed by atoms with van der Waals surface area (Å²) < 4.78 is 0. The predicted octanol–water partition coefficient (Wildman–Crippen LogP) is 3.67. The van der Waals surface area contributed by atoms with Gasteiger partial charge in [0, 0.05) is 19.3 Å². The van der Waals surface area contributed by atoms with Crippen LogP contribution >= 0.6 is 0 Å². The molecule has 0 aromatic heterocycles. The van der Waals surface area contributed by atoms with Crippen LogP contribution in [0.2, 0.25) is 0 Å². The molecule has 106 valence electrons. The molecule has 3 nitrogen and oxygen atoms in total. The summed E-state index contributed by atoms with van der Waals surface area (Å²) in [5, 5.41) is 9.15. The molecule has 0 bridgehead atoms. The van der Waals surface area contributed by atoms with Crippen molar-refractivity contribution >= 4 is 11.7 Å². The molecule has 3 heteroatoms. The number of carboxylic acids is 1. The zero-order valence-electron chi connectivity index (χ0n) is 12.6. The Kier molecular flexibility index (Phi) is 5.40. The van der Waals surface area contributed by atoms with Crippen LogP contribution in [0.3, 0.4) is 0 Å². The molecule has 0 spiro atoms. The van der Waals surface area contributed by atoms with Crippen molar-refractivity contribution in [3.05, 3.63) is 29.3 Å². The number of carboxylic acid groups (broad SMARTS) is 1. The Bertz CT molecular complexity index is 440. The third-order valence-electron chi connectivity index (χ3n) is 3.65. The second kappa shape index (κ2) is 6.60. The Morgan fingerprint density at radius 3 is 2.47 bits per heavy atom. The van der Waals surface area contributed by atoms with Gasteiger partial charge < -0.3 is 10.0 Å². The van der Waals surface area contributed by atoms with Gasteiger partial charge in [-0.3, -0.25) is 4.79 Å². The SMILES string of the molecule is CCC(CN(C)c1cc(C(C)C)ccc1C)C(=O)O. The van der Waals surface area contributed by atoms with Gasteiger partial charge in [0.25, 0.3) is 0 Å². The lowest BCUT2D eigenvalue weighted by Gasteiger charge is -2.25. The van der Waals surface area contributed by atoms with Crippen LogP contribution in [0.4, 0.5) is 5.69 Å². The minimum Gasteiger partial charge on any atom is -0.481 e. The molecular formula is C16H25NO2. The first-order valence-electron chi connectivity index (χ1n) is 6.91. The van der Waals surface area contributed by atoms with Crippen LogP contribution in [0.15, 0.2) is 18.2 Å². The Balaban J connectivity index is 2.95. The lowest BCUT2D eigenvalue weighted by atomic mass is 9.99. The van der Waals surface area contributed by atoms with Crippen LogP contribution in [-0.2, 0) is 4.79 Å². The number of aliphatic carboxylic acids is 1. The number of rotatable bonds is 6. The van der Waals surface area contributed by atoms with Crippen molar-refractivity contribution in [1.29, 1.82) is 0 Å². The van der Waals surface area contributed by atoms with Crippen LogP contribution in [0, 0.1) is 12.8 Å². The van der Waals surface area contributed by atoms with Crippen LogP contribution in [-0.4, -0.2) is 24.7 Å². The smallest absolute Gasteiger partial charge is 0.308 e.